The minimum Gasteiger partial charge on any atom is -0.383 e. The third-order valence-electron chi connectivity index (χ3n) is 2.56. The standard InChI is InChI=1S/C10H22ClNO3S/c1-4-10(5-2)12(7-8-15-3)16(13,14)9-6-11/h10H,4-9H2,1-3H3. The molecule has 6 heteroatoms. The van der Waals surface area contributed by atoms with E-state index in [2.05, 4.69) is 0 Å². The van der Waals surface area contributed by atoms with Crippen LogP contribution in [-0.4, -0.2) is 50.7 Å². The van der Waals surface area contributed by atoms with E-state index in [1.165, 1.54) is 4.31 Å². The highest BCUT2D eigenvalue weighted by Crippen LogP contribution is 2.14. The summed E-state index contributed by atoms with van der Waals surface area (Å²) in [6.45, 7) is 4.80. The summed E-state index contributed by atoms with van der Waals surface area (Å²) in [5, 5.41) is 0. The van der Waals surface area contributed by atoms with E-state index < -0.39 is 10.0 Å². The number of sulfonamides is 1. The van der Waals surface area contributed by atoms with Crippen LogP contribution in [0.5, 0.6) is 0 Å². The van der Waals surface area contributed by atoms with Crippen molar-refractivity contribution in [1.29, 1.82) is 0 Å². The Kier molecular flexibility index (Phi) is 8.36. The minimum atomic E-state index is -3.25. The molecular weight excluding hydrogens is 250 g/mol. The van der Waals surface area contributed by atoms with Crippen molar-refractivity contribution in [1.82, 2.24) is 4.31 Å². The molecule has 0 N–H and O–H groups in total. The third-order valence-corrected chi connectivity index (χ3v) is 4.89. The van der Waals surface area contributed by atoms with Crippen LogP contribution in [0.25, 0.3) is 0 Å². The van der Waals surface area contributed by atoms with Crippen LogP contribution in [0.3, 0.4) is 0 Å². The second kappa shape index (κ2) is 8.28. The predicted molar refractivity (Wildman–Crippen MR) is 67.5 cm³/mol. The van der Waals surface area contributed by atoms with Gasteiger partial charge in [0.2, 0.25) is 10.0 Å². The summed E-state index contributed by atoms with van der Waals surface area (Å²) in [7, 11) is -1.68. The van der Waals surface area contributed by atoms with Crippen LogP contribution in [-0.2, 0) is 14.8 Å². The maximum atomic E-state index is 12.0. The average Bonchev–Trinajstić information content (AvgIpc) is 2.23. The van der Waals surface area contributed by atoms with Gasteiger partial charge in [-0.05, 0) is 12.8 Å². The molecule has 0 aliphatic heterocycles. The monoisotopic (exact) mass is 271 g/mol. The zero-order valence-electron chi connectivity index (χ0n) is 10.3. The van der Waals surface area contributed by atoms with Crippen LogP contribution in [0.4, 0.5) is 0 Å². The quantitative estimate of drug-likeness (QED) is 0.600. The van der Waals surface area contributed by atoms with Gasteiger partial charge in [0.25, 0.3) is 0 Å². The van der Waals surface area contributed by atoms with Gasteiger partial charge < -0.3 is 4.74 Å². The molecule has 0 aromatic heterocycles. The van der Waals surface area contributed by atoms with Gasteiger partial charge in [0.05, 0.1) is 12.4 Å². The molecule has 0 aromatic rings. The largest absolute Gasteiger partial charge is 0.383 e. The van der Waals surface area contributed by atoms with Crippen LogP contribution in [0.2, 0.25) is 0 Å². The van der Waals surface area contributed by atoms with Gasteiger partial charge in [0.1, 0.15) is 0 Å². The first-order valence-electron chi connectivity index (χ1n) is 5.57. The molecule has 0 aliphatic carbocycles. The highest BCUT2D eigenvalue weighted by molar-refractivity contribution is 7.89. The van der Waals surface area contributed by atoms with E-state index in [9.17, 15) is 8.42 Å². The van der Waals surface area contributed by atoms with Crippen LogP contribution >= 0.6 is 11.6 Å². The Morgan fingerprint density at radius 1 is 1.31 bits per heavy atom. The van der Waals surface area contributed by atoms with Gasteiger partial charge in [-0.2, -0.15) is 4.31 Å². The Hall–Kier alpha value is 0.160. The smallest absolute Gasteiger partial charge is 0.215 e. The fourth-order valence-electron chi connectivity index (χ4n) is 1.64. The van der Waals surface area contributed by atoms with Crippen molar-refractivity contribution < 1.29 is 13.2 Å². The van der Waals surface area contributed by atoms with E-state index in [4.69, 9.17) is 16.3 Å². The first kappa shape index (κ1) is 16.2. The van der Waals surface area contributed by atoms with E-state index >= 15 is 0 Å². The van der Waals surface area contributed by atoms with Crippen molar-refractivity contribution in [3.05, 3.63) is 0 Å². The summed E-state index contributed by atoms with van der Waals surface area (Å²) in [5.41, 5.74) is 0. The Labute approximate surface area is 104 Å². The van der Waals surface area contributed by atoms with Crippen molar-refractivity contribution in [3.63, 3.8) is 0 Å². The van der Waals surface area contributed by atoms with Gasteiger partial charge in [-0.3, -0.25) is 0 Å². The van der Waals surface area contributed by atoms with Gasteiger partial charge >= 0.3 is 0 Å². The number of alkyl halides is 1. The molecule has 0 saturated carbocycles. The van der Waals surface area contributed by atoms with E-state index in [-0.39, 0.29) is 17.7 Å². The maximum absolute atomic E-state index is 12.0. The third kappa shape index (κ3) is 4.99. The zero-order chi connectivity index (χ0) is 12.6. The van der Waals surface area contributed by atoms with Crippen molar-refractivity contribution in [3.8, 4) is 0 Å². The van der Waals surface area contributed by atoms with Gasteiger partial charge in [0.15, 0.2) is 0 Å². The minimum absolute atomic E-state index is 0.00519. The lowest BCUT2D eigenvalue weighted by Crippen LogP contribution is -2.43. The number of nitrogens with zero attached hydrogens (tertiary/aromatic N) is 1. The molecule has 4 nitrogen and oxygen atoms in total. The molecule has 0 atom stereocenters. The van der Waals surface area contributed by atoms with Gasteiger partial charge in [-0.15, -0.1) is 11.6 Å². The van der Waals surface area contributed by atoms with Crippen molar-refractivity contribution in [2.45, 2.75) is 32.7 Å². The number of hydrogen-bond donors (Lipinski definition) is 0. The summed E-state index contributed by atoms with van der Waals surface area (Å²) >= 11 is 5.52. The summed E-state index contributed by atoms with van der Waals surface area (Å²) in [4.78, 5) is 0. The Morgan fingerprint density at radius 3 is 2.25 bits per heavy atom. The first-order valence-corrected chi connectivity index (χ1v) is 7.72. The van der Waals surface area contributed by atoms with E-state index in [0.717, 1.165) is 12.8 Å². The number of rotatable bonds is 9. The van der Waals surface area contributed by atoms with E-state index in [1.807, 2.05) is 13.8 Å². The Bertz CT molecular complexity index is 265. The van der Waals surface area contributed by atoms with Gasteiger partial charge in [-0.1, -0.05) is 13.8 Å². The lowest BCUT2D eigenvalue weighted by atomic mass is 10.2. The summed E-state index contributed by atoms with van der Waals surface area (Å²) in [5.74, 6) is 0.126. The maximum Gasteiger partial charge on any atom is 0.215 e. The molecule has 0 saturated heterocycles. The summed E-state index contributed by atoms with van der Waals surface area (Å²) in [6, 6.07) is 0.0448. The lowest BCUT2D eigenvalue weighted by Gasteiger charge is -2.29. The topological polar surface area (TPSA) is 46.6 Å². The van der Waals surface area contributed by atoms with Gasteiger partial charge in [0, 0.05) is 25.6 Å². The molecule has 16 heavy (non-hydrogen) atoms. The molecule has 0 aromatic carbocycles. The molecular formula is C10H22ClNO3S. The van der Waals surface area contributed by atoms with Crippen molar-refractivity contribution in [2.75, 3.05) is 31.9 Å². The van der Waals surface area contributed by atoms with E-state index in [0.29, 0.717) is 13.2 Å². The predicted octanol–water partition coefficient (Wildman–Crippen LogP) is 1.69. The number of hydrogen-bond acceptors (Lipinski definition) is 3. The molecule has 0 spiro atoms. The molecule has 98 valence electrons. The molecule has 0 amide bonds. The molecule has 0 fully saturated rings. The van der Waals surface area contributed by atoms with Crippen LogP contribution in [0.15, 0.2) is 0 Å². The molecule has 0 bridgehead atoms. The number of ether oxygens (including phenoxy) is 1. The van der Waals surface area contributed by atoms with Crippen LogP contribution in [0, 0.1) is 0 Å². The lowest BCUT2D eigenvalue weighted by molar-refractivity contribution is 0.163. The summed E-state index contributed by atoms with van der Waals surface area (Å²) in [6.07, 6.45) is 1.61. The normalized spacial score (nSPS) is 12.6. The van der Waals surface area contributed by atoms with E-state index in [1.54, 1.807) is 7.11 Å². The Balaban J connectivity index is 4.77. The van der Waals surface area contributed by atoms with Crippen molar-refractivity contribution >= 4 is 21.6 Å². The highest BCUT2D eigenvalue weighted by atomic mass is 35.5. The van der Waals surface area contributed by atoms with Gasteiger partial charge in [-0.25, -0.2) is 8.42 Å². The SMILES string of the molecule is CCC(CC)N(CCOC)S(=O)(=O)CCCl. The first-order chi connectivity index (χ1) is 7.53. The zero-order valence-corrected chi connectivity index (χ0v) is 11.9. The van der Waals surface area contributed by atoms with Crippen LogP contribution < -0.4 is 0 Å². The fraction of sp³-hybridized carbons (Fsp3) is 1.00. The second-order valence-corrected chi connectivity index (χ2v) is 6.00. The molecule has 0 heterocycles. The summed E-state index contributed by atoms with van der Waals surface area (Å²) < 4.78 is 30.4. The van der Waals surface area contributed by atoms with Crippen LogP contribution in [0.1, 0.15) is 26.7 Å². The number of halogens is 1. The highest BCUT2D eigenvalue weighted by Gasteiger charge is 2.26. The molecule has 0 unspecified atom stereocenters. The fourth-order valence-corrected chi connectivity index (χ4v) is 3.76. The molecule has 0 rings (SSSR count). The molecule has 0 radical (unpaired) electrons. The Morgan fingerprint density at radius 2 is 1.88 bits per heavy atom. The molecule has 0 aliphatic rings. The second-order valence-electron chi connectivity index (χ2n) is 3.58. The number of methoxy groups -OCH3 is 1. The van der Waals surface area contributed by atoms with Crippen molar-refractivity contribution in [2.24, 2.45) is 0 Å². The average molecular weight is 272 g/mol.